The zero-order valence-electron chi connectivity index (χ0n) is 34.7. The minimum Gasteiger partial charge on any atom is -0.508 e. The zero-order chi connectivity index (χ0) is 43.3. The summed E-state index contributed by atoms with van der Waals surface area (Å²) >= 11 is 0. The van der Waals surface area contributed by atoms with E-state index in [-0.39, 0.29) is 53.5 Å². The summed E-state index contributed by atoms with van der Waals surface area (Å²) < 4.78 is 22.8. The van der Waals surface area contributed by atoms with Gasteiger partial charge in [0.25, 0.3) is 0 Å². The van der Waals surface area contributed by atoms with Gasteiger partial charge in [-0.1, -0.05) is 96.6 Å². The standard InChI is InChI=1S/C52H45NO9/c1-59-36-21-24-42(60-2)32(25-36)18-15-30-16-19-34(20-17-30)53-50(57)38-23-22-37-40(46(38)51(53)58)28-41-49(56)39(31-11-7-5-8-12-31)29-45(55)52(41,33-13-9-6-10-14-33)48(37)47-43(61-3)26-35(54)27-44(47)62-4/h5-22,24-27,29,38,40-41,46,48,54H,23,28H2,1-4H3/t38-,40+,41-,46-,48+,52-/m0/s1. The lowest BCUT2D eigenvalue weighted by Gasteiger charge is -2.55. The van der Waals surface area contributed by atoms with Crippen molar-refractivity contribution in [3.05, 3.63) is 161 Å². The average molecular weight is 828 g/mol. The predicted molar refractivity (Wildman–Crippen MR) is 235 cm³/mol. The summed E-state index contributed by atoms with van der Waals surface area (Å²) in [7, 11) is 6.16. The van der Waals surface area contributed by atoms with E-state index in [1.807, 2.05) is 109 Å². The lowest BCUT2D eigenvalue weighted by atomic mass is 9.44. The number of phenolic OH excluding ortho intramolecular Hbond substituents is 1. The Hall–Kier alpha value is -7.20. The first-order valence-electron chi connectivity index (χ1n) is 20.6. The molecule has 0 unspecified atom stereocenters. The summed E-state index contributed by atoms with van der Waals surface area (Å²) in [5, 5.41) is 10.8. The highest BCUT2D eigenvalue weighted by molar-refractivity contribution is 6.32. The van der Waals surface area contributed by atoms with Gasteiger partial charge in [0.2, 0.25) is 11.8 Å². The van der Waals surface area contributed by atoms with Gasteiger partial charge in [0.1, 0.15) is 28.7 Å². The molecule has 62 heavy (non-hydrogen) atoms. The summed E-state index contributed by atoms with van der Waals surface area (Å²) in [5.74, 6) is -3.36. The van der Waals surface area contributed by atoms with Gasteiger partial charge in [-0.05, 0) is 71.9 Å². The number of amides is 2. The van der Waals surface area contributed by atoms with Gasteiger partial charge in [-0.2, -0.15) is 0 Å². The van der Waals surface area contributed by atoms with Crippen LogP contribution in [0.2, 0.25) is 0 Å². The second kappa shape index (κ2) is 16.0. The van der Waals surface area contributed by atoms with Crippen molar-refractivity contribution in [2.75, 3.05) is 33.3 Å². The molecule has 0 radical (unpaired) electrons. The van der Waals surface area contributed by atoms with Crippen LogP contribution in [0.15, 0.2) is 133 Å². The number of hydrogen-bond donors (Lipinski definition) is 1. The molecule has 2 amide bonds. The first-order chi connectivity index (χ1) is 30.1. The van der Waals surface area contributed by atoms with Gasteiger partial charge in [-0.25, -0.2) is 0 Å². The second-order valence-corrected chi connectivity index (χ2v) is 16.1. The van der Waals surface area contributed by atoms with Crippen molar-refractivity contribution in [1.29, 1.82) is 0 Å². The molecule has 4 aliphatic rings. The molecular formula is C52H45NO9. The van der Waals surface area contributed by atoms with E-state index in [1.165, 1.54) is 37.3 Å². The van der Waals surface area contributed by atoms with Crippen molar-refractivity contribution < 1.29 is 43.2 Å². The SMILES string of the molecule is COc1ccc(OC)c(C=Cc2ccc(N3C(=O)[C@H]4[C@H](CC=C5[C@H]4C[C@H]4C(=O)C(c6ccccc6)=CC(=O)[C@@]4(c4ccccc4)[C@H]5c4c(OC)cc(O)cc4OC)C3=O)cc2)c1. The molecule has 6 atom stereocenters. The summed E-state index contributed by atoms with van der Waals surface area (Å²) in [6.07, 6.45) is 7.67. The van der Waals surface area contributed by atoms with E-state index in [4.69, 9.17) is 18.9 Å². The molecule has 1 saturated heterocycles. The van der Waals surface area contributed by atoms with Crippen LogP contribution in [0.4, 0.5) is 5.69 Å². The Labute approximate surface area is 359 Å². The minimum absolute atomic E-state index is 0.108. The number of phenols is 1. The molecule has 10 nitrogen and oxygen atoms in total. The van der Waals surface area contributed by atoms with Gasteiger partial charge in [-0.15, -0.1) is 0 Å². The number of hydrogen-bond acceptors (Lipinski definition) is 9. The molecule has 5 aromatic rings. The first-order valence-corrected chi connectivity index (χ1v) is 20.6. The van der Waals surface area contributed by atoms with Crippen LogP contribution in [-0.4, -0.2) is 56.9 Å². The van der Waals surface area contributed by atoms with Crippen molar-refractivity contribution in [2.24, 2.45) is 23.7 Å². The number of ketones is 2. The highest BCUT2D eigenvalue weighted by atomic mass is 16.5. The number of carbonyl (C=O) groups is 4. The van der Waals surface area contributed by atoms with E-state index in [0.29, 0.717) is 39.4 Å². The molecule has 1 heterocycles. The Morgan fingerprint density at radius 1 is 0.694 bits per heavy atom. The van der Waals surface area contributed by atoms with Crippen LogP contribution in [0.5, 0.6) is 28.7 Å². The van der Waals surface area contributed by atoms with Gasteiger partial charge >= 0.3 is 0 Å². The Morgan fingerprint density at radius 2 is 1.35 bits per heavy atom. The number of benzene rings is 5. The number of anilines is 1. The monoisotopic (exact) mass is 827 g/mol. The van der Waals surface area contributed by atoms with Gasteiger partial charge in [-0.3, -0.25) is 24.1 Å². The molecule has 5 aromatic carbocycles. The number of methoxy groups -OCH3 is 4. The number of rotatable bonds is 10. The maximum Gasteiger partial charge on any atom is 0.238 e. The third-order valence-corrected chi connectivity index (χ3v) is 13.2. The van der Waals surface area contributed by atoms with Crippen LogP contribution in [0.25, 0.3) is 17.7 Å². The summed E-state index contributed by atoms with van der Waals surface area (Å²) in [4.78, 5) is 61.6. The fourth-order valence-corrected chi connectivity index (χ4v) is 10.5. The van der Waals surface area contributed by atoms with Crippen LogP contribution in [0.3, 0.4) is 0 Å². The number of imide groups is 1. The van der Waals surface area contributed by atoms with E-state index < -0.39 is 35.0 Å². The number of allylic oxidation sites excluding steroid dienone is 4. The molecule has 10 heteroatoms. The summed E-state index contributed by atoms with van der Waals surface area (Å²) in [6.45, 7) is 0. The Kier molecular flexibility index (Phi) is 10.4. The smallest absolute Gasteiger partial charge is 0.238 e. The van der Waals surface area contributed by atoms with Crippen LogP contribution in [0.1, 0.15) is 46.6 Å². The fraction of sp³-hybridized carbons (Fsp3) is 0.231. The van der Waals surface area contributed by atoms with Crippen molar-refractivity contribution >= 4 is 46.8 Å². The van der Waals surface area contributed by atoms with Gasteiger partial charge in [0.15, 0.2) is 11.6 Å². The van der Waals surface area contributed by atoms with Crippen molar-refractivity contribution in [2.45, 2.75) is 24.2 Å². The number of carbonyl (C=O) groups excluding carboxylic acids is 4. The highest BCUT2D eigenvalue weighted by Crippen LogP contribution is 2.66. The molecule has 0 spiro atoms. The largest absolute Gasteiger partial charge is 0.508 e. The van der Waals surface area contributed by atoms with Crippen LogP contribution >= 0.6 is 0 Å². The lowest BCUT2D eigenvalue weighted by Crippen LogP contribution is -2.59. The van der Waals surface area contributed by atoms with E-state index >= 15 is 14.4 Å². The Balaban J connectivity index is 1.16. The molecule has 3 aliphatic carbocycles. The number of Topliss-reactive ketones (excluding diaryl/α,β-unsaturated/α-hetero) is 1. The van der Waals surface area contributed by atoms with Crippen molar-refractivity contribution in [3.8, 4) is 28.7 Å². The molecular weight excluding hydrogens is 783 g/mol. The quantitative estimate of drug-likeness (QED) is 0.0836. The van der Waals surface area contributed by atoms with Crippen molar-refractivity contribution in [1.82, 2.24) is 0 Å². The van der Waals surface area contributed by atoms with E-state index in [9.17, 15) is 9.90 Å². The van der Waals surface area contributed by atoms with Crippen LogP contribution in [-0.2, 0) is 24.6 Å². The lowest BCUT2D eigenvalue weighted by molar-refractivity contribution is -0.135. The van der Waals surface area contributed by atoms with E-state index in [0.717, 1.165) is 16.7 Å². The average Bonchev–Trinajstić information content (AvgIpc) is 3.57. The predicted octanol–water partition coefficient (Wildman–Crippen LogP) is 8.63. The highest BCUT2D eigenvalue weighted by Gasteiger charge is 2.66. The summed E-state index contributed by atoms with van der Waals surface area (Å²) in [5.41, 5.74) is 3.36. The minimum atomic E-state index is -1.51. The Morgan fingerprint density at radius 3 is 2.00 bits per heavy atom. The molecule has 9 rings (SSSR count). The molecule has 1 aliphatic heterocycles. The molecule has 2 fully saturated rings. The van der Waals surface area contributed by atoms with Crippen LogP contribution < -0.4 is 23.8 Å². The fourth-order valence-electron chi connectivity index (χ4n) is 10.5. The molecule has 1 N–H and O–H groups in total. The topological polar surface area (TPSA) is 129 Å². The van der Waals surface area contributed by atoms with Gasteiger partial charge in [0, 0.05) is 40.7 Å². The third-order valence-electron chi connectivity index (χ3n) is 13.2. The van der Waals surface area contributed by atoms with Gasteiger partial charge in [0.05, 0.1) is 51.4 Å². The molecule has 0 aromatic heterocycles. The third kappa shape index (κ3) is 6.31. The number of fused-ring (bicyclic) bond motifs is 4. The maximum absolute atomic E-state index is 15.5. The normalized spacial score (nSPS) is 24.2. The van der Waals surface area contributed by atoms with Crippen molar-refractivity contribution in [3.63, 3.8) is 0 Å². The number of nitrogens with zero attached hydrogens (tertiary/aromatic N) is 1. The molecule has 1 saturated carbocycles. The summed E-state index contributed by atoms with van der Waals surface area (Å²) in [6, 6.07) is 34.1. The second-order valence-electron chi connectivity index (χ2n) is 16.1. The Bertz CT molecular complexity index is 2680. The maximum atomic E-state index is 15.5. The number of aromatic hydroxyl groups is 1. The number of ether oxygens (including phenoxy) is 4. The van der Waals surface area contributed by atoms with E-state index in [1.54, 1.807) is 26.4 Å². The zero-order valence-corrected chi connectivity index (χ0v) is 34.7. The molecule has 312 valence electrons. The van der Waals surface area contributed by atoms with E-state index in [2.05, 4.69) is 0 Å². The molecule has 0 bridgehead atoms. The first kappa shape index (κ1) is 40.2. The van der Waals surface area contributed by atoms with Crippen LogP contribution in [0, 0.1) is 23.7 Å². The van der Waals surface area contributed by atoms with Gasteiger partial charge < -0.3 is 24.1 Å².